The van der Waals surface area contributed by atoms with Gasteiger partial charge in [-0.25, -0.2) is 0 Å². The molecular formula is C26H38O18. The quantitative estimate of drug-likeness (QED) is 0.174. The van der Waals surface area contributed by atoms with E-state index in [1.807, 2.05) is 0 Å². The van der Waals surface area contributed by atoms with E-state index in [0.29, 0.717) is 0 Å². The third kappa shape index (κ3) is 10.1. The number of esters is 6. The van der Waals surface area contributed by atoms with E-state index in [1.54, 1.807) is 0 Å². The number of carbonyl (C=O) groups is 6. The molecule has 0 aliphatic carbocycles. The fourth-order valence-corrected chi connectivity index (χ4v) is 4.69. The summed E-state index contributed by atoms with van der Waals surface area (Å²) in [4.78, 5) is 72.1. The van der Waals surface area contributed by atoms with E-state index in [1.165, 1.54) is 7.11 Å². The van der Waals surface area contributed by atoms with Crippen LogP contribution in [0.25, 0.3) is 0 Å². The summed E-state index contributed by atoms with van der Waals surface area (Å²) in [5.41, 5.74) is 0. The van der Waals surface area contributed by atoms with Crippen LogP contribution in [-0.4, -0.2) is 134 Å². The molecular weight excluding hydrogens is 600 g/mol. The average Bonchev–Trinajstić information content (AvgIpc) is 2.90. The summed E-state index contributed by atoms with van der Waals surface area (Å²) in [5, 5.41) is 20.3. The molecule has 2 heterocycles. The summed E-state index contributed by atoms with van der Waals surface area (Å²) in [6.07, 6.45) is -17.6. The molecule has 2 rings (SSSR count). The van der Waals surface area contributed by atoms with Crippen molar-refractivity contribution in [3.8, 4) is 0 Å². The Hall–Kier alpha value is -3.42. The Balaban J connectivity index is 2.70. The zero-order chi connectivity index (χ0) is 33.3. The van der Waals surface area contributed by atoms with Crippen molar-refractivity contribution < 1.29 is 86.3 Å². The second kappa shape index (κ2) is 16.6. The monoisotopic (exact) mass is 638 g/mol. The van der Waals surface area contributed by atoms with Crippen LogP contribution >= 0.6 is 0 Å². The number of aliphatic hydroxyl groups excluding tert-OH is 2. The van der Waals surface area contributed by atoms with E-state index in [0.717, 1.165) is 41.5 Å². The molecule has 250 valence electrons. The van der Waals surface area contributed by atoms with Gasteiger partial charge in [-0.2, -0.15) is 0 Å². The van der Waals surface area contributed by atoms with Gasteiger partial charge in [-0.05, 0) is 0 Å². The van der Waals surface area contributed by atoms with Gasteiger partial charge in [0.05, 0.1) is 6.61 Å². The van der Waals surface area contributed by atoms with Gasteiger partial charge in [0, 0.05) is 48.7 Å². The largest absolute Gasteiger partial charge is 0.463 e. The van der Waals surface area contributed by atoms with Crippen LogP contribution in [0.2, 0.25) is 0 Å². The smallest absolute Gasteiger partial charge is 0.303 e. The van der Waals surface area contributed by atoms with Crippen molar-refractivity contribution in [1.82, 2.24) is 0 Å². The van der Waals surface area contributed by atoms with E-state index in [9.17, 15) is 39.0 Å². The molecule has 2 saturated heterocycles. The van der Waals surface area contributed by atoms with Gasteiger partial charge in [0.15, 0.2) is 43.1 Å². The topological polar surface area (TPSA) is 235 Å². The molecule has 2 N–H and O–H groups in total. The van der Waals surface area contributed by atoms with Crippen molar-refractivity contribution in [2.45, 2.75) is 109 Å². The van der Waals surface area contributed by atoms with Gasteiger partial charge in [-0.15, -0.1) is 0 Å². The molecule has 0 saturated carbocycles. The van der Waals surface area contributed by atoms with Crippen LogP contribution in [0, 0.1) is 0 Å². The minimum atomic E-state index is -1.84. The average molecular weight is 639 g/mol. The first kappa shape index (κ1) is 36.8. The van der Waals surface area contributed by atoms with E-state index < -0.39 is 117 Å². The fourth-order valence-electron chi connectivity index (χ4n) is 4.69. The van der Waals surface area contributed by atoms with E-state index in [2.05, 4.69) is 0 Å². The summed E-state index contributed by atoms with van der Waals surface area (Å²) in [6.45, 7) is 4.80. The predicted molar refractivity (Wildman–Crippen MR) is 137 cm³/mol. The van der Waals surface area contributed by atoms with Crippen LogP contribution < -0.4 is 0 Å². The molecule has 0 amide bonds. The maximum absolute atomic E-state index is 12.2. The molecule has 2 aliphatic heterocycles. The second-order valence-electron chi connectivity index (χ2n) is 9.77. The van der Waals surface area contributed by atoms with Crippen molar-refractivity contribution in [2.24, 2.45) is 0 Å². The lowest BCUT2D eigenvalue weighted by molar-refractivity contribution is -0.363. The van der Waals surface area contributed by atoms with Gasteiger partial charge in [0.1, 0.15) is 31.0 Å². The highest BCUT2D eigenvalue weighted by Crippen LogP contribution is 2.36. The molecule has 0 aromatic carbocycles. The zero-order valence-corrected chi connectivity index (χ0v) is 25.2. The maximum Gasteiger partial charge on any atom is 0.303 e. The molecule has 0 unspecified atom stereocenters. The van der Waals surface area contributed by atoms with Crippen molar-refractivity contribution in [3.05, 3.63) is 0 Å². The van der Waals surface area contributed by atoms with Crippen LogP contribution in [0.1, 0.15) is 41.5 Å². The molecule has 0 aromatic rings. The first-order valence-electron chi connectivity index (χ1n) is 13.4. The number of hydrogen-bond acceptors (Lipinski definition) is 18. The summed E-state index contributed by atoms with van der Waals surface area (Å²) >= 11 is 0. The number of methoxy groups -OCH3 is 1. The Morgan fingerprint density at radius 1 is 0.614 bits per heavy atom. The zero-order valence-electron chi connectivity index (χ0n) is 25.2. The van der Waals surface area contributed by atoms with Gasteiger partial charge in [0.2, 0.25) is 0 Å². The molecule has 0 aromatic heterocycles. The number of hydrogen-bond donors (Lipinski definition) is 2. The second-order valence-corrected chi connectivity index (χ2v) is 9.77. The first-order chi connectivity index (χ1) is 20.6. The molecule has 0 spiro atoms. The number of ether oxygens (including phenoxy) is 10. The van der Waals surface area contributed by atoms with Crippen LogP contribution in [0.4, 0.5) is 0 Å². The van der Waals surface area contributed by atoms with Crippen LogP contribution in [0.15, 0.2) is 0 Å². The summed E-state index contributed by atoms with van der Waals surface area (Å²) in [6, 6.07) is 0. The van der Waals surface area contributed by atoms with Crippen molar-refractivity contribution in [1.29, 1.82) is 0 Å². The minimum Gasteiger partial charge on any atom is -0.463 e. The molecule has 2 aliphatic rings. The third-order valence-corrected chi connectivity index (χ3v) is 6.17. The molecule has 0 radical (unpaired) electrons. The summed E-state index contributed by atoms with van der Waals surface area (Å²) in [7, 11) is 1.21. The van der Waals surface area contributed by atoms with Gasteiger partial charge >= 0.3 is 35.8 Å². The standard InChI is InChI=1S/C26H38O18/c1-10(28)36-9-17-19(21(38-12(3)30)23(40-14(5)32)25(35-7)42-17)44-26-24(41-15(6)33)22(39-13(4)31)20(37-11(2)29)18(43-26)16(34)8-27/h16-27,34H,8-9H2,1-7H3/t16-,17-,18-,19+,20+,21+,22+,23-,24-,25+,26+/m1/s1. The molecule has 44 heavy (non-hydrogen) atoms. The van der Waals surface area contributed by atoms with E-state index >= 15 is 0 Å². The fraction of sp³-hybridized carbons (Fsp3) is 0.769. The van der Waals surface area contributed by atoms with Crippen molar-refractivity contribution in [2.75, 3.05) is 20.3 Å². The normalized spacial score (nSPS) is 32.4. The number of rotatable bonds is 12. The lowest BCUT2D eigenvalue weighted by Gasteiger charge is -2.49. The van der Waals surface area contributed by atoms with Crippen molar-refractivity contribution in [3.63, 3.8) is 0 Å². The molecule has 18 heteroatoms. The highest BCUT2D eigenvalue weighted by atomic mass is 16.8. The Labute approximate surface area is 252 Å². The SMILES string of the molecule is CO[C@H]1O[C@H](COC(C)=O)[C@H](O[C@@H]2O[C@H]([C@H](O)CO)[C@H](OC(C)=O)[C@H](OC(C)=O)[C@H]2OC(C)=O)[C@H](OC(C)=O)[C@H]1OC(C)=O. The van der Waals surface area contributed by atoms with Crippen LogP contribution in [0.5, 0.6) is 0 Å². The molecule has 18 nitrogen and oxygen atoms in total. The summed E-state index contributed by atoms with van der Waals surface area (Å²) < 4.78 is 55.0. The molecule has 11 atom stereocenters. The maximum atomic E-state index is 12.2. The van der Waals surface area contributed by atoms with Gasteiger partial charge in [-0.3, -0.25) is 28.8 Å². The highest BCUT2D eigenvalue weighted by Gasteiger charge is 2.58. The van der Waals surface area contributed by atoms with Crippen LogP contribution in [-0.2, 0) is 76.1 Å². The Morgan fingerprint density at radius 3 is 1.48 bits per heavy atom. The number of carbonyl (C=O) groups excluding carboxylic acids is 6. The Bertz CT molecular complexity index is 1050. The lowest BCUT2D eigenvalue weighted by Crippen LogP contribution is -2.68. The third-order valence-electron chi connectivity index (χ3n) is 6.17. The lowest BCUT2D eigenvalue weighted by atomic mass is 9.93. The predicted octanol–water partition coefficient (Wildman–Crippen LogP) is -1.96. The number of aliphatic hydroxyl groups is 2. The first-order valence-corrected chi connectivity index (χ1v) is 13.4. The highest BCUT2D eigenvalue weighted by molar-refractivity contribution is 5.69. The van der Waals surface area contributed by atoms with E-state index in [-0.39, 0.29) is 0 Å². The van der Waals surface area contributed by atoms with Gasteiger partial charge < -0.3 is 57.6 Å². The van der Waals surface area contributed by atoms with Crippen LogP contribution in [0.3, 0.4) is 0 Å². The Kier molecular flexibility index (Phi) is 13.9. The van der Waals surface area contributed by atoms with Crippen molar-refractivity contribution >= 4 is 35.8 Å². The van der Waals surface area contributed by atoms with Gasteiger partial charge in [0.25, 0.3) is 0 Å². The minimum absolute atomic E-state index is 0.526. The van der Waals surface area contributed by atoms with E-state index in [4.69, 9.17) is 47.4 Å². The van der Waals surface area contributed by atoms with Gasteiger partial charge in [-0.1, -0.05) is 0 Å². The molecule has 0 bridgehead atoms. The molecule has 2 fully saturated rings. The Morgan fingerprint density at radius 2 is 1.05 bits per heavy atom. The summed E-state index contributed by atoms with van der Waals surface area (Å²) in [5.74, 6) is -5.19.